The molecule has 0 radical (unpaired) electrons. The quantitative estimate of drug-likeness (QED) is 0.272. The van der Waals surface area contributed by atoms with Crippen LogP contribution in [0.25, 0.3) is 6.08 Å². The molecule has 1 heterocycles. The number of ether oxygens (including phenoxy) is 3. The number of methoxy groups -OCH3 is 2. The van der Waals surface area contributed by atoms with Crippen LogP contribution in [-0.4, -0.2) is 36.9 Å². The van der Waals surface area contributed by atoms with Crippen molar-refractivity contribution in [3.05, 3.63) is 64.0 Å². The maximum absolute atomic E-state index is 13.0. The Labute approximate surface area is 175 Å². The first-order valence-electron chi connectivity index (χ1n) is 8.88. The fourth-order valence-electron chi connectivity index (χ4n) is 2.61. The summed E-state index contributed by atoms with van der Waals surface area (Å²) in [5.74, 6) is 0.0462. The average molecular weight is 418 g/mol. The third-order valence-electron chi connectivity index (χ3n) is 3.98. The minimum atomic E-state index is -0.355. The number of ketones is 1. The van der Waals surface area contributed by atoms with Crippen LogP contribution in [0.2, 0.25) is 5.02 Å². The molecular weight excluding hydrogens is 394 g/mol. The molecule has 0 unspecified atom stereocenters. The highest BCUT2D eigenvalue weighted by atomic mass is 35.5. The molecule has 1 aromatic carbocycles. The van der Waals surface area contributed by atoms with Gasteiger partial charge in [0.25, 0.3) is 0 Å². The molecule has 0 fully saturated rings. The van der Waals surface area contributed by atoms with Gasteiger partial charge in [-0.1, -0.05) is 23.3 Å². The van der Waals surface area contributed by atoms with Gasteiger partial charge < -0.3 is 19.3 Å². The number of nitrogens with zero attached hydrogens (tertiary/aromatic N) is 1. The average Bonchev–Trinajstić information content (AvgIpc) is 2.69. The summed E-state index contributed by atoms with van der Waals surface area (Å²) >= 11 is 5.94. The van der Waals surface area contributed by atoms with Crippen LogP contribution < -0.4 is 9.47 Å². The summed E-state index contributed by atoms with van der Waals surface area (Å²) in [6.45, 7) is 3.81. The van der Waals surface area contributed by atoms with Gasteiger partial charge in [-0.3, -0.25) is 9.78 Å². The van der Waals surface area contributed by atoms with Gasteiger partial charge in [0, 0.05) is 31.1 Å². The van der Waals surface area contributed by atoms with Crippen molar-refractivity contribution in [2.75, 3.05) is 21.0 Å². The Kier molecular flexibility index (Phi) is 8.24. The van der Waals surface area contributed by atoms with Crippen LogP contribution in [0.5, 0.6) is 17.2 Å². The minimum absolute atomic E-state index is 0.0231. The summed E-state index contributed by atoms with van der Waals surface area (Å²) < 4.78 is 16.0. The lowest BCUT2D eigenvalue weighted by atomic mass is 9.99. The van der Waals surface area contributed by atoms with Gasteiger partial charge in [-0.15, -0.1) is 0 Å². The molecule has 0 amide bonds. The number of carbonyl (C=O) groups excluding carboxylic acids is 1. The van der Waals surface area contributed by atoms with Crippen LogP contribution >= 0.6 is 11.6 Å². The largest absolute Gasteiger partial charge is 0.507 e. The first kappa shape index (κ1) is 22.5. The van der Waals surface area contributed by atoms with Gasteiger partial charge in [-0.2, -0.15) is 0 Å². The van der Waals surface area contributed by atoms with Crippen LogP contribution in [0.3, 0.4) is 0 Å². The number of halogens is 1. The van der Waals surface area contributed by atoms with E-state index in [1.165, 1.54) is 32.6 Å². The third-order valence-corrected chi connectivity index (χ3v) is 4.19. The number of aromatic hydroxyl groups is 1. The molecule has 6 nitrogen and oxygen atoms in total. The standard InChI is InChI=1S/C22H24ClNO5/c1-14(2)5-7-17-19(26)10-20(28-4)21(22(17)29-13-27-3)18(25)8-6-15-9-16(23)12-24-11-15/h5-6,8-12,26H,7,13H2,1-4H3/b8-6+. The predicted molar refractivity (Wildman–Crippen MR) is 113 cm³/mol. The van der Waals surface area contributed by atoms with E-state index in [4.69, 9.17) is 25.8 Å². The molecule has 0 saturated carbocycles. The first-order valence-corrected chi connectivity index (χ1v) is 9.26. The smallest absolute Gasteiger partial charge is 0.193 e. The van der Waals surface area contributed by atoms with Crippen LogP contribution in [0.4, 0.5) is 0 Å². The van der Waals surface area contributed by atoms with Crippen molar-refractivity contribution in [1.82, 2.24) is 4.98 Å². The normalized spacial score (nSPS) is 10.8. The van der Waals surface area contributed by atoms with Gasteiger partial charge in [0.05, 0.1) is 12.1 Å². The molecule has 0 aliphatic heterocycles. The summed E-state index contributed by atoms with van der Waals surface area (Å²) in [4.78, 5) is 17.0. The molecule has 0 spiro atoms. The van der Waals surface area contributed by atoms with Crippen molar-refractivity contribution >= 4 is 23.5 Å². The molecule has 2 aromatic rings. The molecule has 29 heavy (non-hydrogen) atoms. The number of phenols is 1. The van der Waals surface area contributed by atoms with E-state index in [2.05, 4.69) is 4.98 Å². The molecule has 2 rings (SSSR count). The molecular formula is C22H24ClNO5. The Balaban J connectivity index is 2.55. The molecule has 0 aliphatic carbocycles. The van der Waals surface area contributed by atoms with E-state index in [1.807, 2.05) is 19.9 Å². The zero-order valence-corrected chi connectivity index (χ0v) is 17.6. The molecule has 0 aliphatic rings. The molecule has 7 heteroatoms. The van der Waals surface area contributed by atoms with Crippen LogP contribution in [0.1, 0.15) is 35.3 Å². The number of pyridine rings is 1. The van der Waals surface area contributed by atoms with Crippen LogP contribution in [0, 0.1) is 0 Å². The molecule has 1 aromatic heterocycles. The fourth-order valence-corrected chi connectivity index (χ4v) is 2.79. The zero-order valence-electron chi connectivity index (χ0n) is 16.9. The second-order valence-electron chi connectivity index (χ2n) is 6.45. The van der Waals surface area contributed by atoms with Gasteiger partial charge in [-0.05, 0) is 44.1 Å². The van der Waals surface area contributed by atoms with Gasteiger partial charge in [0.2, 0.25) is 0 Å². The van der Waals surface area contributed by atoms with Crippen molar-refractivity contribution in [3.8, 4) is 17.2 Å². The summed E-state index contributed by atoms with van der Waals surface area (Å²) in [5, 5.41) is 10.9. The molecule has 154 valence electrons. The van der Waals surface area contributed by atoms with Crippen LogP contribution in [0.15, 0.2) is 42.3 Å². The van der Waals surface area contributed by atoms with Crippen molar-refractivity contribution in [1.29, 1.82) is 0 Å². The SMILES string of the molecule is COCOc1c(CC=C(C)C)c(O)cc(OC)c1C(=O)/C=C/c1cncc(Cl)c1. The Bertz CT molecular complexity index is 933. The summed E-state index contributed by atoms with van der Waals surface area (Å²) in [5.41, 5.74) is 2.42. The Morgan fingerprint density at radius 2 is 2.00 bits per heavy atom. The van der Waals surface area contributed by atoms with Gasteiger partial charge in [0.1, 0.15) is 22.8 Å². The number of phenolic OH excluding ortho intramolecular Hbond substituents is 1. The molecule has 0 saturated heterocycles. The zero-order chi connectivity index (χ0) is 21.4. The summed E-state index contributed by atoms with van der Waals surface area (Å²) in [7, 11) is 2.90. The topological polar surface area (TPSA) is 77.9 Å². The third kappa shape index (κ3) is 6.07. The number of hydrogen-bond donors (Lipinski definition) is 1. The van der Waals surface area contributed by atoms with Crippen molar-refractivity contribution in [2.45, 2.75) is 20.3 Å². The van der Waals surface area contributed by atoms with Gasteiger partial charge in [-0.25, -0.2) is 0 Å². The Morgan fingerprint density at radius 3 is 2.62 bits per heavy atom. The molecule has 0 bridgehead atoms. The van der Waals surface area contributed by atoms with E-state index in [-0.39, 0.29) is 35.4 Å². The van der Waals surface area contributed by atoms with Gasteiger partial charge >= 0.3 is 0 Å². The second kappa shape index (κ2) is 10.6. The van der Waals surface area contributed by atoms with E-state index >= 15 is 0 Å². The van der Waals surface area contributed by atoms with Crippen molar-refractivity contribution in [2.24, 2.45) is 0 Å². The summed E-state index contributed by atoms with van der Waals surface area (Å²) in [6.07, 6.45) is 8.40. The lowest BCUT2D eigenvalue weighted by Gasteiger charge is -2.18. The van der Waals surface area contributed by atoms with E-state index in [0.717, 1.165) is 5.57 Å². The number of benzene rings is 1. The van der Waals surface area contributed by atoms with E-state index < -0.39 is 0 Å². The highest BCUT2D eigenvalue weighted by Crippen LogP contribution is 2.40. The van der Waals surface area contributed by atoms with Gasteiger partial charge in [0.15, 0.2) is 12.6 Å². The summed E-state index contributed by atoms with van der Waals surface area (Å²) in [6, 6.07) is 3.10. The fraction of sp³-hybridized carbons (Fsp3) is 0.273. The van der Waals surface area contributed by atoms with Crippen molar-refractivity contribution in [3.63, 3.8) is 0 Å². The highest BCUT2D eigenvalue weighted by Gasteiger charge is 2.23. The lowest BCUT2D eigenvalue weighted by molar-refractivity contribution is 0.0494. The predicted octanol–water partition coefficient (Wildman–Crippen LogP) is 4.84. The Morgan fingerprint density at radius 1 is 1.24 bits per heavy atom. The second-order valence-corrected chi connectivity index (χ2v) is 6.89. The van der Waals surface area contributed by atoms with Crippen molar-refractivity contribution < 1.29 is 24.1 Å². The maximum atomic E-state index is 13.0. The lowest BCUT2D eigenvalue weighted by Crippen LogP contribution is -2.09. The molecule has 0 atom stereocenters. The Hall–Kier alpha value is -2.83. The number of aromatic nitrogens is 1. The number of carbonyl (C=O) groups is 1. The number of allylic oxidation sites excluding steroid dienone is 3. The maximum Gasteiger partial charge on any atom is 0.193 e. The highest BCUT2D eigenvalue weighted by molar-refractivity contribution is 6.30. The van der Waals surface area contributed by atoms with E-state index in [1.54, 1.807) is 18.3 Å². The number of hydrogen-bond acceptors (Lipinski definition) is 6. The van der Waals surface area contributed by atoms with E-state index in [9.17, 15) is 9.90 Å². The van der Waals surface area contributed by atoms with E-state index in [0.29, 0.717) is 22.6 Å². The minimum Gasteiger partial charge on any atom is -0.507 e. The number of rotatable bonds is 9. The monoisotopic (exact) mass is 417 g/mol. The first-order chi connectivity index (χ1) is 13.9. The van der Waals surface area contributed by atoms with Crippen LogP contribution in [-0.2, 0) is 11.2 Å². The molecule has 1 N–H and O–H groups in total.